The molecule has 2 aromatic rings. The van der Waals surface area contributed by atoms with Gasteiger partial charge in [0.2, 0.25) is 6.33 Å². The summed E-state index contributed by atoms with van der Waals surface area (Å²) in [5.74, 6) is 0.767. The van der Waals surface area contributed by atoms with E-state index in [1.165, 1.54) is 0 Å². The molecule has 0 fully saturated rings. The van der Waals surface area contributed by atoms with E-state index >= 15 is 0 Å². The van der Waals surface area contributed by atoms with Gasteiger partial charge in [0.25, 0.3) is 0 Å². The molecule has 0 atom stereocenters. The molecule has 0 aliphatic carbocycles. The van der Waals surface area contributed by atoms with Crippen LogP contribution in [-0.4, -0.2) is 262 Å². The lowest BCUT2D eigenvalue weighted by atomic mass is 10.3. The van der Waals surface area contributed by atoms with Crippen LogP contribution >= 0.6 is 0 Å². The Labute approximate surface area is 434 Å². The van der Waals surface area contributed by atoms with Gasteiger partial charge in [0, 0.05) is 5.69 Å². The van der Waals surface area contributed by atoms with Crippen LogP contribution in [0, 0.1) is 0 Å². The fourth-order valence-corrected chi connectivity index (χ4v) is 5.65. The van der Waals surface area contributed by atoms with E-state index in [1.807, 2.05) is 42.5 Å². The first-order valence-electron chi connectivity index (χ1n) is 25.7. The van der Waals surface area contributed by atoms with Gasteiger partial charge in [0.1, 0.15) is 31.3 Å². The van der Waals surface area contributed by atoms with Gasteiger partial charge in [-0.1, -0.05) is 0 Å². The highest BCUT2D eigenvalue weighted by molar-refractivity contribution is 5.41. The van der Waals surface area contributed by atoms with Gasteiger partial charge >= 0.3 is 0 Å². The number of rotatable bonds is 61. The summed E-state index contributed by atoms with van der Waals surface area (Å²) < 4.78 is 114. The number of imidazole rings is 1. The Kier molecular flexibility index (Phi) is 50.5. The lowest BCUT2D eigenvalue weighted by Gasteiger charge is -2.09. The second-order valence-corrected chi connectivity index (χ2v) is 15.4. The van der Waals surface area contributed by atoms with E-state index in [0.717, 1.165) is 12.3 Å². The molecule has 1 aromatic heterocycles. The lowest BCUT2D eigenvalue weighted by Crippen LogP contribution is -2.24. The van der Waals surface area contributed by atoms with Crippen LogP contribution in [0.3, 0.4) is 0 Å². The zero-order valence-corrected chi connectivity index (χ0v) is 44.0. The molecule has 0 saturated heterocycles. The fraction of sp³-hybridized carbons (Fsp3) is 0.820. The minimum Gasteiger partial charge on any atom is -0.491 e. The summed E-state index contributed by atoms with van der Waals surface area (Å²) in [5.41, 5.74) is 6.36. The monoisotopic (exact) mass is 1050 g/mol. The number of anilines is 1. The Morgan fingerprint density at radius 2 is 0.507 bits per heavy atom. The average Bonchev–Trinajstić information content (AvgIpc) is 3.82. The number of nitrogens with two attached hydrogens (primary N) is 1. The fourth-order valence-electron chi connectivity index (χ4n) is 5.65. The highest BCUT2D eigenvalue weighted by atomic mass is 16.6. The van der Waals surface area contributed by atoms with Crippen molar-refractivity contribution in [2.75, 3.05) is 263 Å². The van der Waals surface area contributed by atoms with Crippen molar-refractivity contribution in [1.29, 1.82) is 0 Å². The Hall–Kier alpha value is -2.73. The van der Waals surface area contributed by atoms with Crippen LogP contribution in [-0.2, 0) is 104 Å². The van der Waals surface area contributed by atoms with E-state index in [0.29, 0.717) is 263 Å². The number of benzene rings is 1. The van der Waals surface area contributed by atoms with Crippen molar-refractivity contribution in [1.82, 2.24) is 4.57 Å². The second kappa shape index (κ2) is 55.5. The Balaban J connectivity index is 1.09. The van der Waals surface area contributed by atoms with Crippen molar-refractivity contribution >= 4 is 5.69 Å². The normalized spacial score (nSPS) is 11.6. The highest BCUT2D eigenvalue weighted by Gasteiger charge is 2.02. The molecule has 2 N–H and O–H groups in total. The van der Waals surface area contributed by atoms with Gasteiger partial charge in [0.15, 0.2) is 0 Å². The number of hydrogen-bond acceptors (Lipinski definition) is 21. The van der Waals surface area contributed by atoms with Gasteiger partial charge in [0.05, 0.1) is 258 Å². The topological polar surface area (TPSA) is 219 Å². The van der Waals surface area contributed by atoms with Crippen LogP contribution < -0.4 is 15.0 Å². The summed E-state index contributed by atoms with van der Waals surface area (Å²) in [5, 5.41) is 0. The summed E-state index contributed by atoms with van der Waals surface area (Å²) in [4.78, 5) is 0. The number of ether oxygens (including phenoxy) is 20. The van der Waals surface area contributed by atoms with Crippen LogP contribution in [0.1, 0.15) is 0 Å². The summed E-state index contributed by atoms with van der Waals surface area (Å²) >= 11 is 0. The Bertz CT molecular complexity index is 1370. The van der Waals surface area contributed by atoms with Gasteiger partial charge in [-0.3, -0.25) is 0 Å². The Morgan fingerprint density at radius 1 is 0.301 bits per heavy atom. The molecule has 73 heavy (non-hydrogen) atoms. The largest absolute Gasteiger partial charge is 0.491 e. The predicted octanol–water partition coefficient (Wildman–Crippen LogP) is 1.29. The van der Waals surface area contributed by atoms with E-state index in [1.54, 1.807) is 12.1 Å². The molecule has 23 heteroatoms. The molecular formula is C50H92N3O20+. The number of aromatic nitrogens is 2. The van der Waals surface area contributed by atoms with E-state index < -0.39 is 0 Å². The van der Waals surface area contributed by atoms with Crippen molar-refractivity contribution in [3.63, 3.8) is 0 Å². The zero-order valence-electron chi connectivity index (χ0n) is 44.0. The molecule has 0 saturated carbocycles. The number of nitrogens with zero attached hydrogens (tertiary/aromatic N) is 2. The quantitative estimate of drug-likeness (QED) is 0.0561. The van der Waals surface area contributed by atoms with E-state index in [-0.39, 0.29) is 0 Å². The third-order valence-electron chi connectivity index (χ3n) is 9.39. The maximum absolute atomic E-state index is 5.66. The smallest absolute Gasteiger partial charge is 0.243 e. The average molecular weight is 1060 g/mol. The molecule has 0 spiro atoms. The summed E-state index contributed by atoms with van der Waals surface area (Å²) in [6, 6.07) is 7.26. The first-order chi connectivity index (χ1) is 36.2. The standard InChI is InChI=1S/C50H92N3O20/c1-52-6-7-53(48-52)8-9-54-10-11-55-12-13-56-14-15-57-16-17-58-18-19-59-20-21-60-22-23-61-24-25-62-26-27-63-28-29-64-30-31-65-32-33-66-34-35-67-36-37-68-38-39-69-40-41-70-42-43-71-44-45-72-46-47-73-50-4-2-49(51)3-5-50/h2-7,48H,8-47,51H2,1H3/q+1. The molecule has 1 heterocycles. The summed E-state index contributed by atoms with van der Waals surface area (Å²) in [6.07, 6.45) is 6.04. The predicted molar refractivity (Wildman–Crippen MR) is 268 cm³/mol. The number of hydrogen-bond donors (Lipinski definition) is 1. The lowest BCUT2D eigenvalue weighted by molar-refractivity contribution is -0.671. The molecular weight excluding hydrogens is 963 g/mol. The van der Waals surface area contributed by atoms with Gasteiger partial charge in [-0.05, 0) is 24.3 Å². The molecule has 0 unspecified atom stereocenters. The van der Waals surface area contributed by atoms with E-state index in [9.17, 15) is 0 Å². The molecule has 0 amide bonds. The third-order valence-corrected chi connectivity index (χ3v) is 9.39. The molecule has 23 nitrogen and oxygen atoms in total. The van der Waals surface area contributed by atoms with Crippen LogP contribution in [0.5, 0.6) is 5.75 Å². The molecule has 2 rings (SSSR count). The van der Waals surface area contributed by atoms with Crippen molar-refractivity contribution in [3.05, 3.63) is 43.0 Å². The van der Waals surface area contributed by atoms with Gasteiger partial charge < -0.3 is 100 Å². The molecule has 0 aliphatic rings. The second-order valence-electron chi connectivity index (χ2n) is 15.4. The van der Waals surface area contributed by atoms with Gasteiger partial charge in [-0.25, -0.2) is 9.13 Å². The van der Waals surface area contributed by atoms with Crippen LogP contribution in [0.25, 0.3) is 0 Å². The van der Waals surface area contributed by atoms with Crippen LogP contribution in [0.15, 0.2) is 43.0 Å². The van der Waals surface area contributed by atoms with Crippen molar-refractivity contribution < 1.29 is 99.3 Å². The first-order valence-corrected chi connectivity index (χ1v) is 25.7. The first kappa shape index (κ1) is 66.4. The summed E-state index contributed by atoms with van der Waals surface area (Å²) in [6.45, 7) is 20.5. The van der Waals surface area contributed by atoms with E-state index in [2.05, 4.69) is 4.57 Å². The summed E-state index contributed by atoms with van der Waals surface area (Å²) in [7, 11) is 1.99. The molecule has 0 aliphatic heterocycles. The van der Waals surface area contributed by atoms with Crippen molar-refractivity contribution in [3.8, 4) is 5.75 Å². The van der Waals surface area contributed by atoms with Crippen LogP contribution in [0.4, 0.5) is 5.69 Å². The maximum atomic E-state index is 5.66. The molecule has 0 radical (unpaired) electrons. The minimum atomic E-state index is 0.468. The maximum Gasteiger partial charge on any atom is 0.243 e. The molecule has 0 bridgehead atoms. The molecule has 1 aromatic carbocycles. The zero-order chi connectivity index (χ0) is 51.7. The SMILES string of the molecule is C[n+]1ccn(CCOCCOCCOCCOCCOCCOCCOCCOCCOCCOCCOCCOCCOCCOCCOCCOCCOCCOCCOCCOc2ccc(N)cc2)c1. The third kappa shape index (κ3) is 49.9. The highest BCUT2D eigenvalue weighted by Crippen LogP contribution is 2.12. The van der Waals surface area contributed by atoms with Gasteiger partial charge in [-0.2, -0.15) is 0 Å². The van der Waals surface area contributed by atoms with Crippen molar-refractivity contribution in [2.24, 2.45) is 7.05 Å². The van der Waals surface area contributed by atoms with Crippen LogP contribution in [0.2, 0.25) is 0 Å². The minimum absolute atomic E-state index is 0.468. The van der Waals surface area contributed by atoms with Crippen molar-refractivity contribution in [2.45, 2.75) is 6.54 Å². The number of aryl methyl sites for hydroxylation is 1. The number of nitrogen functional groups attached to an aromatic ring is 1. The molecule has 426 valence electrons. The van der Waals surface area contributed by atoms with Gasteiger partial charge in [-0.15, -0.1) is 0 Å². The Morgan fingerprint density at radius 3 is 0.712 bits per heavy atom. The van der Waals surface area contributed by atoms with E-state index in [4.69, 9.17) is 100 Å².